The van der Waals surface area contributed by atoms with Gasteiger partial charge in [0.15, 0.2) is 0 Å². The molecule has 4 heteroatoms. The van der Waals surface area contributed by atoms with Gasteiger partial charge in [0, 0.05) is 22.9 Å². The Labute approximate surface area is 134 Å². The van der Waals surface area contributed by atoms with E-state index in [2.05, 4.69) is 63.0 Å². The fraction of sp³-hybridized carbons (Fsp3) is 0.471. The minimum absolute atomic E-state index is 0.591. The number of anilines is 2. The summed E-state index contributed by atoms with van der Waals surface area (Å²) in [7, 11) is 0. The van der Waals surface area contributed by atoms with E-state index in [1.165, 1.54) is 43.2 Å². The topological polar surface area (TPSA) is 29.9 Å². The third-order valence-electron chi connectivity index (χ3n) is 4.31. The Morgan fingerprint density at radius 2 is 1.95 bits per heavy atom. The standard InChI is InChI=1S/C17H22BrN3/c1-12-10-13(2)16(15(18)11-12)20-17-19-8-9-21(17)14-6-4-3-5-7-14/h8-11,14H,3-7H2,1-2H3,(H,19,20). The van der Waals surface area contributed by atoms with E-state index in [-0.39, 0.29) is 0 Å². The maximum absolute atomic E-state index is 4.52. The van der Waals surface area contributed by atoms with E-state index in [0.717, 1.165) is 16.1 Å². The molecule has 1 aliphatic rings. The van der Waals surface area contributed by atoms with Crippen molar-refractivity contribution in [3.05, 3.63) is 40.1 Å². The summed E-state index contributed by atoms with van der Waals surface area (Å²) in [6, 6.07) is 4.93. The zero-order valence-electron chi connectivity index (χ0n) is 12.7. The summed E-state index contributed by atoms with van der Waals surface area (Å²) in [5.41, 5.74) is 3.62. The number of halogens is 1. The molecule has 1 N–H and O–H groups in total. The van der Waals surface area contributed by atoms with Crippen molar-refractivity contribution in [3.8, 4) is 0 Å². The van der Waals surface area contributed by atoms with Crippen LogP contribution in [0.1, 0.15) is 49.3 Å². The smallest absolute Gasteiger partial charge is 0.207 e. The highest BCUT2D eigenvalue weighted by atomic mass is 79.9. The molecule has 0 spiro atoms. The summed E-state index contributed by atoms with van der Waals surface area (Å²) in [5, 5.41) is 3.52. The molecule has 3 nitrogen and oxygen atoms in total. The Morgan fingerprint density at radius 1 is 1.19 bits per heavy atom. The van der Waals surface area contributed by atoms with E-state index in [1.54, 1.807) is 0 Å². The number of hydrogen-bond donors (Lipinski definition) is 1. The van der Waals surface area contributed by atoms with E-state index in [4.69, 9.17) is 0 Å². The van der Waals surface area contributed by atoms with Gasteiger partial charge >= 0.3 is 0 Å². The average Bonchev–Trinajstić information content (AvgIpc) is 2.92. The van der Waals surface area contributed by atoms with Gasteiger partial charge in [0.2, 0.25) is 5.95 Å². The number of nitrogens with zero attached hydrogens (tertiary/aromatic N) is 2. The van der Waals surface area contributed by atoms with E-state index in [0.29, 0.717) is 6.04 Å². The molecule has 0 aliphatic heterocycles. The van der Waals surface area contributed by atoms with Crippen molar-refractivity contribution in [1.82, 2.24) is 9.55 Å². The molecular formula is C17H22BrN3. The first-order valence-corrected chi connectivity index (χ1v) is 8.51. The summed E-state index contributed by atoms with van der Waals surface area (Å²) < 4.78 is 3.41. The van der Waals surface area contributed by atoms with Gasteiger partial charge in [-0.1, -0.05) is 25.3 Å². The van der Waals surface area contributed by atoms with Gasteiger partial charge < -0.3 is 9.88 Å². The molecule has 112 valence electrons. The van der Waals surface area contributed by atoms with Crippen LogP contribution in [0.25, 0.3) is 0 Å². The van der Waals surface area contributed by atoms with Crippen LogP contribution in [-0.4, -0.2) is 9.55 Å². The van der Waals surface area contributed by atoms with Gasteiger partial charge in [0.25, 0.3) is 0 Å². The number of hydrogen-bond acceptors (Lipinski definition) is 2. The monoisotopic (exact) mass is 347 g/mol. The number of benzene rings is 1. The molecule has 1 fully saturated rings. The van der Waals surface area contributed by atoms with Crippen molar-refractivity contribution in [2.75, 3.05) is 5.32 Å². The van der Waals surface area contributed by atoms with Crippen LogP contribution in [-0.2, 0) is 0 Å². The molecule has 0 atom stereocenters. The van der Waals surface area contributed by atoms with Gasteiger partial charge in [0.05, 0.1) is 5.69 Å². The van der Waals surface area contributed by atoms with Crippen LogP contribution in [0.2, 0.25) is 0 Å². The molecule has 0 bridgehead atoms. The molecule has 0 amide bonds. The molecule has 2 aromatic rings. The van der Waals surface area contributed by atoms with Crippen molar-refractivity contribution in [1.29, 1.82) is 0 Å². The van der Waals surface area contributed by atoms with Gasteiger partial charge in [-0.2, -0.15) is 0 Å². The van der Waals surface area contributed by atoms with Crippen LogP contribution >= 0.6 is 15.9 Å². The molecular weight excluding hydrogens is 326 g/mol. The molecule has 0 saturated heterocycles. The summed E-state index contributed by atoms with van der Waals surface area (Å²) in [4.78, 5) is 4.52. The number of aromatic nitrogens is 2. The summed E-state index contributed by atoms with van der Waals surface area (Å²) in [6.07, 6.45) is 10.6. The number of aryl methyl sites for hydroxylation is 2. The van der Waals surface area contributed by atoms with E-state index in [1.807, 2.05) is 6.20 Å². The number of nitrogens with one attached hydrogen (secondary N) is 1. The summed E-state index contributed by atoms with van der Waals surface area (Å²) in [6.45, 7) is 4.25. The van der Waals surface area contributed by atoms with Crippen LogP contribution in [0.3, 0.4) is 0 Å². The zero-order chi connectivity index (χ0) is 14.8. The molecule has 1 saturated carbocycles. The Balaban J connectivity index is 1.87. The molecule has 0 radical (unpaired) electrons. The second-order valence-electron chi connectivity index (χ2n) is 6.01. The van der Waals surface area contributed by atoms with Crippen molar-refractivity contribution in [2.45, 2.75) is 52.0 Å². The number of imidazole rings is 1. The third kappa shape index (κ3) is 3.15. The zero-order valence-corrected chi connectivity index (χ0v) is 14.3. The van der Waals surface area contributed by atoms with Crippen LogP contribution in [0, 0.1) is 13.8 Å². The fourth-order valence-electron chi connectivity index (χ4n) is 3.25. The highest BCUT2D eigenvalue weighted by molar-refractivity contribution is 9.10. The summed E-state index contributed by atoms with van der Waals surface area (Å²) in [5.74, 6) is 0.953. The SMILES string of the molecule is Cc1cc(C)c(Nc2nccn2C2CCCCC2)c(Br)c1. The largest absolute Gasteiger partial charge is 0.324 e. The number of rotatable bonds is 3. The van der Waals surface area contributed by atoms with Crippen LogP contribution in [0.4, 0.5) is 11.6 Å². The molecule has 1 heterocycles. The lowest BCUT2D eigenvalue weighted by atomic mass is 9.95. The van der Waals surface area contributed by atoms with E-state index >= 15 is 0 Å². The van der Waals surface area contributed by atoms with Crippen LogP contribution < -0.4 is 5.32 Å². The first kappa shape index (κ1) is 14.6. The van der Waals surface area contributed by atoms with Crippen molar-refractivity contribution in [2.24, 2.45) is 0 Å². The highest BCUT2D eigenvalue weighted by Gasteiger charge is 2.18. The lowest BCUT2D eigenvalue weighted by Gasteiger charge is -2.25. The third-order valence-corrected chi connectivity index (χ3v) is 4.93. The molecule has 21 heavy (non-hydrogen) atoms. The quantitative estimate of drug-likeness (QED) is 0.792. The lowest BCUT2D eigenvalue weighted by molar-refractivity contribution is 0.356. The summed E-state index contributed by atoms with van der Waals surface area (Å²) >= 11 is 3.66. The van der Waals surface area contributed by atoms with Crippen molar-refractivity contribution in [3.63, 3.8) is 0 Å². The Morgan fingerprint density at radius 3 is 2.67 bits per heavy atom. The van der Waals surface area contributed by atoms with E-state index in [9.17, 15) is 0 Å². The van der Waals surface area contributed by atoms with Gasteiger partial charge in [-0.25, -0.2) is 4.98 Å². The maximum atomic E-state index is 4.52. The molecule has 3 rings (SSSR count). The van der Waals surface area contributed by atoms with Crippen molar-refractivity contribution < 1.29 is 0 Å². The molecule has 1 aromatic carbocycles. The van der Waals surface area contributed by atoms with Gasteiger partial charge in [-0.05, 0) is 59.8 Å². The predicted octanol–water partition coefficient (Wildman–Crippen LogP) is 5.51. The van der Waals surface area contributed by atoms with Crippen LogP contribution in [0.15, 0.2) is 29.0 Å². The Kier molecular flexibility index (Phi) is 4.34. The molecule has 1 aliphatic carbocycles. The molecule has 0 unspecified atom stereocenters. The minimum Gasteiger partial charge on any atom is -0.324 e. The van der Waals surface area contributed by atoms with Gasteiger partial charge in [-0.15, -0.1) is 0 Å². The van der Waals surface area contributed by atoms with Crippen LogP contribution in [0.5, 0.6) is 0 Å². The maximum Gasteiger partial charge on any atom is 0.207 e. The van der Waals surface area contributed by atoms with Crippen molar-refractivity contribution >= 4 is 27.6 Å². The average molecular weight is 348 g/mol. The predicted molar refractivity (Wildman–Crippen MR) is 91.2 cm³/mol. The van der Waals surface area contributed by atoms with E-state index < -0.39 is 0 Å². The molecule has 1 aromatic heterocycles. The Hall–Kier alpha value is -1.29. The van der Waals surface area contributed by atoms with Gasteiger partial charge in [0.1, 0.15) is 0 Å². The highest BCUT2D eigenvalue weighted by Crippen LogP contribution is 2.34. The second-order valence-corrected chi connectivity index (χ2v) is 6.87. The fourth-order valence-corrected chi connectivity index (χ4v) is 4.02. The van der Waals surface area contributed by atoms with Gasteiger partial charge in [-0.3, -0.25) is 0 Å². The second kappa shape index (κ2) is 6.22. The first-order valence-electron chi connectivity index (χ1n) is 7.72. The Bertz CT molecular complexity index is 604. The minimum atomic E-state index is 0.591. The normalized spacial score (nSPS) is 16.1. The first-order chi connectivity index (χ1) is 10.1. The lowest BCUT2D eigenvalue weighted by Crippen LogP contribution is -2.14.